The van der Waals surface area contributed by atoms with Crippen LogP contribution in [0.4, 0.5) is 0 Å². The molecule has 1 saturated heterocycles. The van der Waals surface area contributed by atoms with E-state index < -0.39 is 0 Å². The lowest BCUT2D eigenvalue weighted by Crippen LogP contribution is -2.50. The molecule has 1 aliphatic carbocycles. The first-order valence-electron chi connectivity index (χ1n) is 7.82. The number of rotatable bonds is 6. The molecule has 1 unspecified atom stereocenters. The molecule has 2 heterocycles. The molecular formula is C15H25N3O2. The molecule has 112 valence electrons. The average Bonchev–Trinajstić information content (AvgIpc) is 3.23. The summed E-state index contributed by atoms with van der Waals surface area (Å²) in [7, 11) is 0. The number of aromatic nitrogens is 1. The van der Waals surface area contributed by atoms with Gasteiger partial charge in [0.1, 0.15) is 5.76 Å². The third-order valence-corrected chi connectivity index (χ3v) is 4.52. The van der Waals surface area contributed by atoms with Gasteiger partial charge in [0.05, 0.1) is 19.3 Å². The van der Waals surface area contributed by atoms with Crippen molar-refractivity contribution < 1.29 is 9.52 Å². The van der Waals surface area contributed by atoms with E-state index in [4.69, 9.17) is 4.42 Å². The topological polar surface area (TPSA) is 52.7 Å². The van der Waals surface area contributed by atoms with Crippen molar-refractivity contribution in [1.29, 1.82) is 0 Å². The van der Waals surface area contributed by atoms with Gasteiger partial charge in [-0.05, 0) is 19.3 Å². The molecule has 3 rings (SSSR count). The van der Waals surface area contributed by atoms with Crippen LogP contribution in [0.5, 0.6) is 0 Å². The van der Waals surface area contributed by atoms with Crippen molar-refractivity contribution >= 4 is 0 Å². The molecule has 0 aromatic carbocycles. The van der Waals surface area contributed by atoms with E-state index in [2.05, 4.69) is 21.7 Å². The minimum Gasteiger partial charge on any atom is -0.444 e. The van der Waals surface area contributed by atoms with E-state index in [-0.39, 0.29) is 6.61 Å². The third-order valence-electron chi connectivity index (χ3n) is 4.52. The van der Waals surface area contributed by atoms with Crippen LogP contribution >= 0.6 is 0 Å². The lowest BCUT2D eigenvalue weighted by molar-refractivity contribution is 0.0575. The number of piperazine rings is 1. The Morgan fingerprint density at radius 3 is 2.70 bits per heavy atom. The molecule has 20 heavy (non-hydrogen) atoms. The Labute approximate surface area is 120 Å². The van der Waals surface area contributed by atoms with Gasteiger partial charge in [0, 0.05) is 38.1 Å². The summed E-state index contributed by atoms with van der Waals surface area (Å²) in [6, 6.07) is 0.320. The summed E-state index contributed by atoms with van der Waals surface area (Å²) >= 11 is 0. The second-order valence-corrected chi connectivity index (χ2v) is 5.99. The second kappa shape index (κ2) is 6.24. The summed E-state index contributed by atoms with van der Waals surface area (Å²) in [5.41, 5.74) is 0. The summed E-state index contributed by atoms with van der Waals surface area (Å²) < 4.78 is 5.82. The molecule has 0 radical (unpaired) electrons. The van der Waals surface area contributed by atoms with Gasteiger partial charge in [0.2, 0.25) is 5.89 Å². The van der Waals surface area contributed by atoms with Crippen LogP contribution in [-0.2, 0) is 6.54 Å². The smallest absolute Gasteiger partial charge is 0.208 e. The Morgan fingerprint density at radius 2 is 2.10 bits per heavy atom. The zero-order valence-corrected chi connectivity index (χ0v) is 12.3. The van der Waals surface area contributed by atoms with Crippen LogP contribution in [0.2, 0.25) is 0 Å². The zero-order chi connectivity index (χ0) is 13.9. The molecular weight excluding hydrogens is 254 g/mol. The fourth-order valence-electron chi connectivity index (χ4n) is 2.93. The molecule has 5 nitrogen and oxygen atoms in total. The lowest BCUT2D eigenvalue weighted by Gasteiger charge is -2.37. The zero-order valence-electron chi connectivity index (χ0n) is 12.3. The summed E-state index contributed by atoms with van der Waals surface area (Å²) in [6.07, 6.45) is 5.43. The first-order chi connectivity index (χ1) is 9.80. The molecule has 2 fully saturated rings. The first-order valence-corrected chi connectivity index (χ1v) is 7.82. The minimum atomic E-state index is 0.265. The predicted molar refractivity (Wildman–Crippen MR) is 76.5 cm³/mol. The summed E-state index contributed by atoms with van der Waals surface area (Å²) in [5, 5.41) is 9.36. The van der Waals surface area contributed by atoms with Crippen molar-refractivity contribution in [3.05, 3.63) is 17.8 Å². The molecule has 0 amide bonds. The van der Waals surface area contributed by atoms with Crippen LogP contribution < -0.4 is 0 Å². The van der Waals surface area contributed by atoms with Gasteiger partial charge in [-0.2, -0.15) is 0 Å². The van der Waals surface area contributed by atoms with Crippen molar-refractivity contribution in [2.24, 2.45) is 0 Å². The van der Waals surface area contributed by atoms with Gasteiger partial charge < -0.3 is 9.52 Å². The van der Waals surface area contributed by atoms with Gasteiger partial charge >= 0.3 is 0 Å². The fourth-order valence-corrected chi connectivity index (χ4v) is 2.93. The number of hydrogen-bond acceptors (Lipinski definition) is 5. The predicted octanol–water partition coefficient (Wildman–Crippen LogP) is 1.44. The van der Waals surface area contributed by atoms with E-state index in [1.54, 1.807) is 0 Å². The van der Waals surface area contributed by atoms with E-state index >= 15 is 0 Å². The largest absolute Gasteiger partial charge is 0.444 e. The molecule has 5 heteroatoms. The van der Waals surface area contributed by atoms with Crippen molar-refractivity contribution in [2.45, 2.75) is 44.7 Å². The Kier molecular flexibility index (Phi) is 4.38. The normalized spacial score (nSPS) is 23.1. The minimum absolute atomic E-state index is 0.265. The van der Waals surface area contributed by atoms with Crippen molar-refractivity contribution in [2.75, 3.05) is 32.8 Å². The molecule has 1 aromatic rings. The molecule has 0 spiro atoms. The van der Waals surface area contributed by atoms with E-state index in [0.717, 1.165) is 50.8 Å². The monoisotopic (exact) mass is 279 g/mol. The fraction of sp³-hybridized carbons (Fsp3) is 0.800. The van der Waals surface area contributed by atoms with Crippen LogP contribution in [0.15, 0.2) is 10.6 Å². The van der Waals surface area contributed by atoms with Crippen LogP contribution in [0.3, 0.4) is 0 Å². The first kappa shape index (κ1) is 14.0. The molecule has 1 N–H and O–H groups in total. The van der Waals surface area contributed by atoms with Crippen LogP contribution in [0.25, 0.3) is 0 Å². The maximum Gasteiger partial charge on any atom is 0.208 e. The Hall–Kier alpha value is -0.910. The SMILES string of the molecule is CCC(CO)N1CCN(Cc2ncc(C3CC3)o2)CC1. The van der Waals surface area contributed by atoms with E-state index in [0.29, 0.717) is 12.0 Å². The van der Waals surface area contributed by atoms with Crippen molar-refractivity contribution in [3.63, 3.8) is 0 Å². The third kappa shape index (κ3) is 3.22. The average molecular weight is 279 g/mol. The van der Waals surface area contributed by atoms with Gasteiger partial charge in [-0.15, -0.1) is 0 Å². The van der Waals surface area contributed by atoms with Crippen molar-refractivity contribution in [1.82, 2.24) is 14.8 Å². The number of aliphatic hydroxyl groups is 1. The van der Waals surface area contributed by atoms with Gasteiger partial charge in [0.15, 0.2) is 0 Å². The number of aliphatic hydroxyl groups excluding tert-OH is 1. The van der Waals surface area contributed by atoms with E-state index in [1.165, 1.54) is 12.8 Å². The molecule has 1 aliphatic heterocycles. The number of oxazole rings is 1. The van der Waals surface area contributed by atoms with E-state index in [1.807, 2.05) is 6.20 Å². The van der Waals surface area contributed by atoms with Gasteiger partial charge in [-0.3, -0.25) is 9.80 Å². The summed E-state index contributed by atoms with van der Waals surface area (Å²) in [5.74, 6) is 2.57. The summed E-state index contributed by atoms with van der Waals surface area (Å²) in [6.45, 7) is 7.32. The molecule has 1 atom stereocenters. The standard InChI is InChI=1S/C15H25N3O2/c1-2-13(11-19)18-7-5-17(6-8-18)10-15-16-9-14(20-15)12-3-4-12/h9,12-13,19H,2-8,10-11H2,1H3. The highest BCUT2D eigenvalue weighted by Gasteiger charge is 2.28. The van der Waals surface area contributed by atoms with Crippen molar-refractivity contribution in [3.8, 4) is 0 Å². The highest BCUT2D eigenvalue weighted by molar-refractivity contribution is 5.08. The molecule has 2 aliphatic rings. The number of nitrogens with zero attached hydrogens (tertiary/aromatic N) is 3. The molecule has 0 bridgehead atoms. The lowest BCUT2D eigenvalue weighted by atomic mass is 10.1. The highest BCUT2D eigenvalue weighted by atomic mass is 16.4. The van der Waals surface area contributed by atoms with Gasteiger partial charge in [0.25, 0.3) is 0 Å². The summed E-state index contributed by atoms with van der Waals surface area (Å²) in [4.78, 5) is 9.18. The van der Waals surface area contributed by atoms with E-state index in [9.17, 15) is 5.11 Å². The highest BCUT2D eigenvalue weighted by Crippen LogP contribution is 2.40. The van der Waals surface area contributed by atoms with Crippen LogP contribution in [0, 0.1) is 0 Å². The molecule has 1 saturated carbocycles. The Morgan fingerprint density at radius 1 is 1.35 bits per heavy atom. The van der Waals surface area contributed by atoms with Gasteiger partial charge in [-0.25, -0.2) is 4.98 Å². The van der Waals surface area contributed by atoms with Crippen LogP contribution in [-0.4, -0.2) is 58.7 Å². The quantitative estimate of drug-likeness (QED) is 0.854. The maximum atomic E-state index is 9.36. The Bertz CT molecular complexity index is 419. The molecule has 1 aromatic heterocycles. The van der Waals surface area contributed by atoms with Crippen LogP contribution in [0.1, 0.15) is 43.8 Å². The Balaban J connectivity index is 1.47. The van der Waals surface area contributed by atoms with Gasteiger partial charge in [-0.1, -0.05) is 6.92 Å². The second-order valence-electron chi connectivity index (χ2n) is 5.99. The number of hydrogen-bond donors (Lipinski definition) is 1. The maximum absolute atomic E-state index is 9.36.